The van der Waals surface area contributed by atoms with Crippen LogP contribution in [0.5, 0.6) is 0 Å². The molecule has 5 heteroatoms. The third kappa shape index (κ3) is 2.79. The molecule has 18 heavy (non-hydrogen) atoms. The Morgan fingerprint density at radius 1 is 1.61 bits per heavy atom. The van der Waals surface area contributed by atoms with Gasteiger partial charge >= 0.3 is 0 Å². The maximum Gasteiger partial charge on any atom is 0.124 e. The summed E-state index contributed by atoms with van der Waals surface area (Å²) in [6.45, 7) is 2.25. The molecule has 98 valence electrons. The first kappa shape index (κ1) is 13.2. The molecule has 2 rings (SSSR count). The Morgan fingerprint density at radius 3 is 3.06 bits per heavy atom. The highest BCUT2D eigenvalue weighted by Crippen LogP contribution is 2.23. The lowest BCUT2D eigenvalue weighted by Crippen LogP contribution is -2.45. The molecule has 1 aromatic rings. The van der Waals surface area contributed by atoms with Crippen LogP contribution < -0.4 is 10.6 Å². The van der Waals surface area contributed by atoms with E-state index in [1.165, 1.54) is 19.4 Å². The van der Waals surface area contributed by atoms with Crippen LogP contribution in [0, 0.1) is 0 Å². The van der Waals surface area contributed by atoms with E-state index >= 15 is 0 Å². The summed E-state index contributed by atoms with van der Waals surface area (Å²) in [4.78, 5) is 9.28. The first-order chi connectivity index (χ1) is 8.59. The normalized spacial score (nSPS) is 20.7. The zero-order chi connectivity index (χ0) is 13.1. The number of rotatable bonds is 3. The molecular formula is C13H20N4S. The third-order valence-corrected chi connectivity index (χ3v) is 3.74. The van der Waals surface area contributed by atoms with Gasteiger partial charge in [0.2, 0.25) is 0 Å². The molecule has 1 unspecified atom stereocenters. The first-order valence-electron chi connectivity index (χ1n) is 6.26. The van der Waals surface area contributed by atoms with E-state index in [9.17, 15) is 0 Å². The number of hydrogen-bond acceptors (Lipinski definition) is 4. The van der Waals surface area contributed by atoms with Crippen molar-refractivity contribution in [3.05, 3.63) is 24.0 Å². The molecule has 1 aliphatic rings. The second-order valence-corrected chi connectivity index (χ2v) is 5.34. The van der Waals surface area contributed by atoms with Gasteiger partial charge in [-0.15, -0.1) is 0 Å². The highest BCUT2D eigenvalue weighted by atomic mass is 32.1. The standard InChI is InChI=1S/C13H20N4S/c1-16-8-4-5-10(9-16)17(2)11-6-3-7-15-12(11)13(14)18/h3,6-7,10H,4-5,8-9H2,1-2H3,(H2,14,18). The van der Waals surface area contributed by atoms with E-state index in [0.717, 1.165) is 17.9 Å². The summed E-state index contributed by atoms with van der Waals surface area (Å²) in [5, 5.41) is 0. The van der Waals surface area contributed by atoms with Crippen LogP contribution in [0.2, 0.25) is 0 Å². The number of piperidine rings is 1. The largest absolute Gasteiger partial charge is 0.388 e. The fourth-order valence-corrected chi connectivity index (χ4v) is 2.68. The minimum atomic E-state index is 0.363. The number of nitrogens with zero attached hydrogens (tertiary/aromatic N) is 3. The van der Waals surface area contributed by atoms with Crippen molar-refractivity contribution in [3.8, 4) is 0 Å². The summed E-state index contributed by atoms with van der Waals surface area (Å²) < 4.78 is 0. The van der Waals surface area contributed by atoms with E-state index in [1.807, 2.05) is 12.1 Å². The molecule has 0 bridgehead atoms. The average molecular weight is 264 g/mol. The van der Waals surface area contributed by atoms with Crippen molar-refractivity contribution >= 4 is 22.9 Å². The Labute approximate surface area is 114 Å². The van der Waals surface area contributed by atoms with Crippen molar-refractivity contribution in [1.82, 2.24) is 9.88 Å². The molecule has 0 aromatic carbocycles. The van der Waals surface area contributed by atoms with Crippen molar-refractivity contribution in [2.75, 3.05) is 32.1 Å². The maximum absolute atomic E-state index is 5.74. The molecule has 1 aliphatic heterocycles. The second kappa shape index (κ2) is 5.63. The number of likely N-dealkylation sites (N-methyl/N-ethyl adjacent to an activating group) is 2. The number of aromatic nitrogens is 1. The van der Waals surface area contributed by atoms with Gasteiger partial charge in [-0.2, -0.15) is 0 Å². The van der Waals surface area contributed by atoms with Crippen LogP contribution in [0.4, 0.5) is 5.69 Å². The topological polar surface area (TPSA) is 45.4 Å². The van der Waals surface area contributed by atoms with Gasteiger partial charge in [0.05, 0.1) is 5.69 Å². The number of hydrogen-bond donors (Lipinski definition) is 1. The maximum atomic E-state index is 5.74. The molecule has 0 aliphatic carbocycles. The predicted octanol–water partition coefficient (Wildman–Crippen LogP) is 1.25. The Hall–Kier alpha value is -1.20. The van der Waals surface area contributed by atoms with Gasteiger partial charge in [-0.05, 0) is 38.6 Å². The van der Waals surface area contributed by atoms with E-state index in [-0.39, 0.29) is 0 Å². The first-order valence-corrected chi connectivity index (χ1v) is 6.66. The van der Waals surface area contributed by atoms with Gasteiger partial charge in [0.25, 0.3) is 0 Å². The highest BCUT2D eigenvalue weighted by molar-refractivity contribution is 7.80. The van der Waals surface area contributed by atoms with Gasteiger partial charge in [-0.3, -0.25) is 4.98 Å². The third-order valence-electron chi connectivity index (χ3n) is 3.55. The van der Waals surface area contributed by atoms with Crippen molar-refractivity contribution in [1.29, 1.82) is 0 Å². The number of thiocarbonyl (C=S) groups is 1. The van der Waals surface area contributed by atoms with Crippen molar-refractivity contribution in [3.63, 3.8) is 0 Å². The second-order valence-electron chi connectivity index (χ2n) is 4.90. The summed E-state index contributed by atoms with van der Waals surface area (Å²) in [5.41, 5.74) is 7.50. The van der Waals surface area contributed by atoms with E-state index in [1.54, 1.807) is 6.20 Å². The zero-order valence-electron chi connectivity index (χ0n) is 11.0. The molecular weight excluding hydrogens is 244 g/mol. The average Bonchev–Trinajstić information content (AvgIpc) is 2.38. The fourth-order valence-electron chi connectivity index (χ4n) is 2.52. The minimum absolute atomic E-state index is 0.363. The number of likely N-dealkylation sites (tertiary alicyclic amines) is 1. The Bertz CT molecular complexity index is 435. The lowest BCUT2D eigenvalue weighted by Gasteiger charge is -2.37. The van der Waals surface area contributed by atoms with Crippen molar-refractivity contribution in [2.24, 2.45) is 5.73 Å². The zero-order valence-corrected chi connectivity index (χ0v) is 11.8. The highest BCUT2D eigenvalue weighted by Gasteiger charge is 2.23. The van der Waals surface area contributed by atoms with Gasteiger partial charge in [0, 0.05) is 25.8 Å². The van der Waals surface area contributed by atoms with Gasteiger partial charge in [0.1, 0.15) is 10.7 Å². The Kier molecular flexibility index (Phi) is 4.14. The SMILES string of the molecule is CN1CCCC(N(C)c2cccnc2C(N)=S)C1. The molecule has 0 saturated carbocycles. The molecule has 1 atom stereocenters. The van der Waals surface area contributed by atoms with E-state index in [2.05, 4.69) is 28.9 Å². The Morgan fingerprint density at radius 2 is 2.39 bits per heavy atom. The molecule has 0 radical (unpaired) electrons. The van der Waals surface area contributed by atoms with E-state index in [0.29, 0.717) is 11.0 Å². The minimum Gasteiger partial charge on any atom is -0.388 e. The number of anilines is 1. The monoisotopic (exact) mass is 264 g/mol. The van der Waals surface area contributed by atoms with Crippen LogP contribution in [0.3, 0.4) is 0 Å². The van der Waals surface area contributed by atoms with Gasteiger partial charge < -0.3 is 15.5 Å². The molecule has 1 saturated heterocycles. The van der Waals surface area contributed by atoms with Gasteiger partial charge in [-0.25, -0.2) is 0 Å². The van der Waals surface area contributed by atoms with Crippen LogP contribution in [0.1, 0.15) is 18.5 Å². The van der Waals surface area contributed by atoms with Crippen LogP contribution in [-0.2, 0) is 0 Å². The van der Waals surface area contributed by atoms with E-state index < -0.39 is 0 Å². The summed E-state index contributed by atoms with van der Waals surface area (Å²) in [5.74, 6) is 0. The summed E-state index contributed by atoms with van der Waals surface area (Å²) in [6, 6.07) is 4.47. The molecule has 0 amide bonds. The van der Waals surface area contributed by atoms with Crippen LogP contribution in [0.15, 0.2) is 18.3 Å². The molecule has 0 spiro atoms. The smallest absolute Gasteiger partial charge is 0.124 e. The van der Waals surface area contributed by atoms with E-state index in [4.69, 9.17) is 18.0 Å². The molecule has 1 fully saturated rings. The van der Waals surface area contributed by atoms with Crippen LogP contribution >= 0.6 is 12.2 Å². The molecule has 2 N–H and O–H groups in total. The lowest BCUT2D eigenvalue weighted by molar-refractivity contribution is 0.248. The predicted molar refractivity (Wildman–Crippen MR) is 79.0 cm³/mol. The fraction of sp³-hybridized carbons (Fsp3) is 0.538. The van der Waals surface area contributed by atoms with Crippen molar-refractivity contribution in [2.45, 2.75) is 18.9 Å². The molecule has 1 aromatic heterocycles. The molecule has 2 heterocycles. The quantitative estimate of drug-likeness (QED) is 0.832. The summed E-state index contributed by atoms with van der Waals surface area (Å²) in [6.07, 6.45) is 4.17. The summed E-state index contributed by atoms with van der Waals surface area (Å²) >= 11 is 5.07. The lowest BCUT2D eigenvalue weighted by atomic mass is 10.0. The summed E-state index contributed by atoms with van der Waals surface area (Å²) in [7, 11) is 4.26. The van der Waals surface area contributed by atoms with Gasteiger partial charge in [0.15, 0.2) is 0 Å². The van der Waals surface area contributed by atoms with Gasteiger partial charge in [-0.1, -0.05) is 12.2 Å². The molecule has 4 nitrogen and oxygen atoms in total. The number of pyridine rings is 1. The van der Waals surface area contributed by atoms with Crippen molar-refractivity contribution < 1.29 is 0 Å². The number of nitrogens with two attached hydrogens (primary N) is 1. The van der Waals surface area contributed by atoms with Crippen LogP contribution in [0.25, 0.3) is 0 Å². The Balaban J connectivity index is 2.22. The van der Waals surface area contributed by atoms with Crippen LogP contribution in [-0.4, -0.2) is 48.1 Å².